The molecule has 1 aromatic rings. The van der Waals surface area contributed by atoms with Crippen molar-refractivity contribution in [3.63, 3.8) is 0 Å². The third-order valence-electron chi connectivity index (χ3n) is 5.04. The Hall–Kier alpha value is -1.52. The largest absolute Gasteiger partial charge is 0.371 e. The Balaban J connectivity index is 1.74. The normalized spacial score (nSPS) is 23.5. The van der Waals surface area contributed by atoms with Gasteiger partial charge in [0.25, 0.3) is 0 Å². The molecule has 2 heterocycles. The van der Waals surface area contributed by atoms with Crippen LogP contribution in [-0.2, 0) is 11.8 Å². The van der Waals surface area contributed by atoms with Crippen LogP contribution in [0.1, 0.15) is 64.0 Å². The van der Waals surface area contributed by atoms with Gasteiger partial charge >= 0.3 is 0 Å². The van der Waals surface area contributed by atoms with E-state index in [0.29, 0.717) is 5.92 Å². The summed E-state index contributed by atoms with van der Waals surface area (Å²) in [5.74, 6) is 0.781. The van der Waals surface area contributed by atoms with Crippen molar-refractivity contribution < 1.29 is 4.79 Å². The van der Waals surface area contributed by atoms with E-state index in [-0.39, 0.29) is 18.0 Å². The van der Waals surface area contributed by atoms with Gasteiger partial charge in [-0.05, 0) is 33.1 Å². The molecule has 0 bridgehead atoms. The van der Waals surface area contributed by atoms with Crippen LogP contribution in [0, 0.1) is 0 Å². The van der Waals surface area contributed by atoms with E-state index >= 15 is 0 Å². The minimum Gasteiger partial charge on any atom is -0.371 e. The lowest BCUT2D eigenvalue weighted by atomic mass is 9.86. The summed E-state index contributed by atoms with van der Waals surface area (Å²) in [5.41, 5.74) is 2.23. The van der Waals surface area contributed by atoms with Crippen molar-refractivity contribution in [2.75, 3.05) is 11.9 Å². The van der Waals surface area contributed by atoms with Gasteiger partial charge in [-0.1, -0.05) is 19.3 Å². The minimum absolute atomic E-state index is 0.0889. The zero-order chi connectivity index (χ0) is 15.7. The molecular weight excluding hydrogens is 276 g/mol. The summed E-state index contributed by atoms with van der Waals surface area (Å²) in [6.07, 6.45) is 9.31. The molecule has 1 saturated heterocycles. The highest BCUT2D eigenvalue weighted by Crippen LogP contribution is 2.36. The highest BCUT2D eigenvalue weighted by atomic mass is 16.2. The predicted octanol–water partition coefficient (Wildman–Crippen LogP) is 2.89. The van der Waals surface area contributed by atoms with Crippen LogP contribution in [0.5, 0.6) is 0 Å². The van der Waals surface area contributed by atoms with E-state index in [1.165, 1.54) is 32.1 Å². The fraction of sp³-hybridized carbons (Fsp3) is 0.765. The first-order chi connectivity index (χ1) is 10.6. The lowest BCUT2D eigenvalue weighted by Gasteiger charge is -2.23. The van der Waals surface area contributed by atoms with Gasteiger partial charge in [0.15, 0.2) is 0 Å². The van der Waals surface area contributed by atoms with E-state index in [4.69, 9.17) is 0 Å². The fourth-order valence-corrected chi connectivity index (χ4v) is 3.83. The lowest BCUT2D eigenvalue weighted by molar-refractivity contribution is -0.129. The topological polar surface area (TPSA) is 50.2 Å². The molecule has 122 valence electrons. The van der Waals surface area contributed by atoms with Crippen molar-refractivity contribution in [3.05, 3.63) is 11.9 Å². The summed E-state index contributed by atoms with van der Waals surface area (Å²) < 4.78 is 1.88. The molecule has 1 saturated carbocycles. The van der Waals surface area contributed by atoms with Gasteiger partial charge in [0.05, 0.1) is 11.4 Å². The Bertz CT molecular complexity index is 531. The third-order valence-corrected chi connectivity index (χ3v) is 5.04. The van der Waals surface area contributed by atoms with E-state index < -0.39 is 0 Å². The first-order valence-electron chi connectivity index (χ1n) is 8.67. The third kappa shape index (κ3) is 2.99. The Morgan fingerprint density at radius 2 is 1.95 bits per heavy atom. The van der Waals surface area contributed by atoms with Crippen LogP contribution in [0.2, 0.25) is 0 Å². The average molecular weight is 304 g/mol. The monoisotopic (exact) mass is 304 g/mol. The van der Waals surface area contributed by atoms with Gasteiger partial charge < -0.3 is 10.2 Å². The van der Waals surface area contributed by atoms with Crippen LogP contribution in [0.3, 0.4) is 0 Å². The number of carbonyl (C=O) groups excluding carboxylic acids is 1. The first-order valence-corrected chi connectivity index (χ1v) is 8.67. The fourth-order valence-electron chi connectivity index (χ4n) is 3.83. The number of aryl methyl sites for hydroxylation is 1. The number of nitrogens with zero attached hydrogens (tertiary/aromatic N) is 3. The maximum atomic E-state index is 12.5. The summed E-state index contributed by atoms with van der Waals surface area (Å²) in [6, 6.07) is 0.194. The summed E-state index contributed by atoms with van der Waals surface area (Å²) in [5, 5.41) is 8.17. The number of anilines is 1. The van der Waals surface area contributed by atoms with Crippen LogP contribution in [0.25, 0.3) is 0 Å². The van der Waals surface area contributed by atoms with E-state index in [2.05, 4.69) is 24.3 Å². The van der Waals surface area contributed by atoms with Crippen LogP contribution >= 0.6 is 0 Å². The van der Waals surface area contributed by atoms with E-state index in [0.717, 1.165) is 24.3 Å². The number of hydrogen-bond donors (Lipinski definition) is 1. The van der Waals surface area contributed by atoms with E-state index in [9.17, 15) is 4.79 Å². The Morgan fingerprint density at radius 1 is 1.23 bits per heavy atom. The quantitative estimate of drug-likeness (QED) is 0.930. The van der Waals surface area contributed by atoms with E-state index in [1.807, 2.05) is 22.8 Å². The summed E-state index contributed by atoms with van der Waals surface area (Å²) >= 11 is 0. The smallest absolute Gasteiger partial charge is 0.245 e. The Labute approximate surface area is 133 Å². The molecule has 5 heteroatoms. The molecule has 1 aliphatic heterocycles. The first kappa shape index (κ1) is 15.4. The standard InChI is InChI=1S/C17H28N4O/c1-12(2)21-10-9-14(17(21)22)18-15-11-20(3)19-16(15)13-7-5-4-6-8-13/h11-14,18H,4-10H2,1-3H3. The molecule has 1 aromatic heterocycles. The van der Waals surface area contributed by atoms with Gasteiger partial charge in [0.2, 0.25) is 5.91 Å². The molecule has 22 heavy (non-hydrogen) atoms. The van der Waals surface area contributed by atoms with Gasteiger partial charge in [0, 0.05) is 31.7 Å². The molecule has 5 nitrogen and oxygen atoms in total. The van der Waals surface area contributed by atoms with Crippen molar-refractivity contribution in [1.82, 2.24) is 14.7 Å². The second-order valence-corrected chi connectivity index (χ2v) is 7.05. The molecule has 2 aliphatic rings. The number of hydrogen-bond acceptors (Lipinski definition) is 3. The number of rotatable bonds is 4. The summed E-state index contributed by atoms with van der Waals surface area (Å²) in [4.78, 5) is 14.4. The van der Waals surface area contributed by atoms with Crippen molar-refractivity contribution >= 4 is 11.6 Å². The number of amides is 1. The zero-order valence-electron chi connectivity index (χ0n) is 14.0. The van der Waals surface area contributed by atoms with Gasteiger partial charge in [-0.15, -0.1) is 0 Å². The molecule has 1 unspecified atom stereocenters. The average Bonchev–Trinajstić information content (AvgIpc) is 3.04. The molecule has 2 fully saturated rings. The predicted molar refractivity (Wildman–Crippen MR) is 87.9 cm³/mol. The maximum Gasteiger partial charge on any atom is 0.245 e. The highest BCUT2D eigenvalue weighted by molar-refractivity contribution is 5.87. The number of nitrogens with one attached hydrogen (secondary N) is 1. The van der Waals surface area contributed by atoms with Gasteiger partial charge in [-0.2, -0.15) is 5.10 Å². The van der Waals surface area contributed by atoms with Gasteiger partial charge in [-0.3, -0.25) is 9.48 Å². The van der Waals surface area contributed by atoms with Crippen LogP contribution in [0.4, 0.5) is 5.69 Å². The lowest BCUT2D eigenvalue weighted by Crippen LogP contribution is -2.37. The summed E-state index contributed by atoms with van der Waals surface area (Å²) in [6.45, 7) is 5.02. The SMILES string of the molecule is CC(C)N1CCC(Nc2cn(C)nc2C2CCCCC2)C1=O. The number of aromatic nitrogens is 2. The van der Waals surface area contributed by atoms with Gasteiger partial charge in [0.1, 0.15) is 6.04 Å². The molecular formula is C17H28N4O. The number of carbonyl (C=O) groups is 1. The minimum atomic E-state index is -0.0889. The van der Waals surface area contributed by atoms with Crippen molar-refractivity contribution in [2.24, 2.45) is 7.05 Å². The molecule has 1 atom stereocenters. The van der Waals surface area contributed by atoms with E-state index in [1.54, 1.807) is 0 Å². The van der Waals surface area contributed by atoms with Crippen LogP contribution < -0.4 is 5.32 Å². The second kappa shape index (κ2) is 6.31. The highest BCUT2D eigenvalue weighted by Gasteiger charge is 2.34. The molecule has 1 amide bonds. The van der Waals surface area contributed by atoms with Crippen molar-refractivity contribution in [2.45, 2.75) is 70.4 Å². The Morgan fingerprint density at radius 3 is 2.59 bits per heavy atom. The van der Waals surface area contributed by atoms with Crippen LogP contribution in [-0.4, -0.2) is 39.2 Å². The van der Waals surface area contributed by atoms with Crippen LogP contribution in [0.15, 0.2) is 6.20 Å². The van der Waals surface area contributed by atoms with Crippen molar-refractivity contribution in [3.8, 4) is 0 Å². The summed E-state index contributed by atoms with van der Waals surface area (Å²) in [7, 11) is 1.97. The zero-order valence-corrected chi connectivity index (χ0v) is 14.0. The molecule has 3 rings (SSSR count). The molecule has 0 radical (unpaired) electrons. The number of likely N-dealkylation sites (tertiary alicyclic amines) is 1. The van der Waals surface area contributed by atoms with Gasteiger partial charge in [-0.25, -0.2) is 0 Å². The molecule has 1 aliphatic carbocycles. The Kier molecular flexibility index (Phi) is 4.41. The second-order valence-electron chi connectivity index (χ2n) is 7.05. The van der Waals surface area contributed by atoms with Crippen molar-refractivity contribution in [1.29, 1.82) is 0 Å². The molecule has 0 spiro atoms. The molecule has 1 N–H and O–H groups in total. The molecule has 0 aromatic carbocycles. The maximum absolute atomic E-state index is 12.5.